The molecule has 162 valence electrons. The molecule has 0 spiro atoms. The van der Waals surface area contributed by atoms with Crippen molar-refractivity contribution in [2.75, 3.05) is 5.32 Å². The van der Waals surface area contributed by atoms with Crippen molar-refractivity contribution in [3.8, 4) is 11.5 Å². The van der Waals surface area contributed by atoms with Crippen LogP contribution in [0.2, 0.25) is 0 Å². The highest BCUT2D eigenvalue weighted by molar-refractivity contribution is 9.15. The smallest absolute Gasteiger partial charge is 0.337 e. The summed E-state index contributed by atoms with van der Waals surface area (Å²) in [6.07, 6.45) is 0. The molecule has 31 heavy (non-hydrogen) atoms. The zero-order valence-electron chi connectivity index (χ0n) is 16.4. The molecule has 0 atom stereocenters. The molecule has 1 amide bonds. The molecule has 3 aromatic rings. The van der Waals surface area contributed by atoms with Crippen LogP contribution in [-0.2, 0) is 0 Å². The van der Waals surface area contributed by atoms with Gasteiger partial charge in [0.15, 0.2) is 0 Å². The number of hydrogen-bond acceptors (Lipinski definition) is 3. The van der Waals surface area contributed by atoms with Gasteiger partial charge in [0, 0.05) is 23.6 Å². The van der Waals surface area contributed by atoms with Gasteiger partial charge in [-0.15, -0.1) is 0 Å². The van der Waals surface area contributed by atoms with Crippen LogP contribution in [0.25, 0.3) is 0 Å². The number of halogens is 4. The van der Waals surface area contributed by atoms with Crippen molar-refractivity contribution >= 4 is 81.3 Å². The highest BCUT2D eigenvalue weighted by Crippen LogP contribution is 2.42. The summed E-state index contributed by atoms with van der Waals surface area (Å²) in [6.45, 7) is 4.00. The molecule has 0 aliphatic carbocycles. The van der Waals surface area contributed by atoms with Gasteiger partial charge in [0.05, 0.1) is 11.1 Å². The van der Waals surface area contributed by atoms with Crippen molar-refractivity contribution in [3.05, 3.63) is 83.6 Å². The summed E-state index contributed by atoms with van der Waals surface area (Å²) in [7, 11) is 0. The fraction of sp³-hybridized carbons (Fsp3) is 0.0909. The van der Waals surface area contributed by atoms with E-state index in [1.54, 1.807) is 24.3 Å². The first-order chi connectivity index (χ1) is 14.8. The van der Waals surface area contributed by atoms with Crippen LogP contribution in [0.15, 0.2) is 72.5 Å². The van der Waals surface area contributed by atoms with Crippen LogP contribution in [0.1, 0.15) is 34.6 Å². The Kier molecular flexibility index (Phi) is 9.74. The van der Waals surface area contributed by atoms with E-state index in [1.165, 1.54) is 0 Å². The number of para-hydroxylation sites is 1. The predicted molar refractivity (Wildman–Crippen MR) is 136 cm³/mol. The first-order valence-electron chi connectivity index (χ1n) is 9.03. The lowest BCUT2D eigenvalue weighted by Gasteiger charge is -2.15. The van der Waals surface area contributed by atoms with Crippen LogP contribution in [0.4, 0.5) is 5.69 Å². The van der Waals surface area contributed by atoms with Crippen LogP contribution in [0.5, 0.6) is 11.5 Å². The van der Waals surface area contributed by atoms with Gasteiger partial charge in [-0.05, 0) is 100 Å². The number of rotatable bonds is 5. The van der Waals surface area contributed by atoms with Gasteiger partial charge in [-0.25, -0.2) is 4.79 Å². The largest absolute Gasteiger partial charge is 0.478 e. The summed E-state index contributed by atoms with van der Waals surface area (Å²) in [6, 6.07) is 16.1. The number of carbonyl (C=O) groups is 2. The molecular weight excluding hydrogens is 662 g/mol. The minimum atomic E-state index is -1.23. The Morgan fingerprint density at radius 1 is 0.742 bits per heavy atom. The van der Waals surface area contributed by atoms with Crippen LogP contribution in [0, 0.1) is 0 Å². The summed E-state index contributed by atoms with van der Waals surface area (Å²) in [4.78, 5) is 24.6. The van der Waals surface area contributed by atoms with Gasteiger partial charge >= 0.3 is 5.97 Å². The molecule has 0 heterocycles. The molecule has 0 saturated heterocycles. The number of hydrogen-bond donors (Lipinski definition) is 2. The van der Waals surface area contributed by atoms with Crippen molar-refractivity contribution in [1.82, 2.24) is 0 Å². The number of benzene rings is 3. The quantitative estimate of drug-likeness (QED) is 0.210. The number of ether oxygens (including phenoxy) is 1. The number of carboxylic acids is 1. The maximum atomic E-state index is 12.9. The third-order valence-corrected chi connectivity index (χ3v) is 8.57. The molecule has 5 nitrogen and oxygen atoms in total. The van der Waals surface area contributed by atoms with E-state index in [-0.39, 0.29) is 15.6 Å². The van der Waals surface area contributed by atoms with Gasteiger partial charge in [-0.2, -0.15) is 0 Å². The Bertz CT molecular complexity index is 1090. The third-order valence-electron chi connectivity index (χ3n) is 3.80. The SMILES string of the molecule is CC.O=C(O)c1c(Br)c(Br)c(Br)c(Br)c1C(=O)Nc1ccc(Oc2ccccc2)cc1. The molecule has 0 aliphatic heterocycles. The molecular formula is C22H17Br4NO4. The highest BCUT2D eigenvalue weighted by Gasteiger charge is 2.27. The van der Waals surface area contributed by atoms with E-state index in [1.807, 2.05) is 44.2 Å². The summed E-state index contributed by atoms with van der Waals surface area (Å²) < 4.78 is 7.31. The van der Waals surface area contributed by atoms with Crippen LogP contribution >= 0.6 is 63.7 Å². The molecule has 0 bridgehead atoms. The average molecular weight is 679 g/mol. The van der Waals surface area contributed by atoms with Crippen molar-refractivity contribution in [2.24, 2.45) is 0 Å². The second-order valence-electron chi connectivity index (χ2n) is 5.70. The molecule has 0 unspecified atom stereocenters. The number of carboxylic acid groups (broad SMARTS) is 1. The lowest BCUT2D eigenvalue weighted by molar-refractivity contribution is 0.0691. The van der Waals surface area contributed by atoms with Gasteiger partial charge in [-0.1, -0.05) is 32.0 Å². The van der Waals surface area contributed by atoms with Gasteiger partial charge < -0.3 is 15.2 Å². The van der Waals surface area contributed by atoms with Crippen LogP contribution in [-0.4, -0.2) is 17.0 Å². The standard InChI is InChI=1S/C20H11Br4NO4.C2H6/c21-15-13(14(20(27)28)16(22)18(24)17(15)23)19(26)25-10-6-8-12(9-7-10)29-11-4-2-1-3-5-11;1-2/h1-9H,(H,25,26)(H,27,28);1-2H3. The Morgan fingerprint density at radius 2 is 1.23 bits per heavy atom. The van der Waals surface area contributed by atoms with E-state index in [0.29, 0.717) is 30.6 Å². The minimum Gasteiger partial charge on any atom is -0.478 e. The van der Waals surface area contributed by atoms with Gasteiger partial charge in [0.25, 0.3) is 5.91 Å². The Hall–Kier alpha value is -1.68. The number of nitrogens with one attached hydrogen (secondary N) is 1. The highest BCUT2D eigenvalue weighted by atomic mass is 79.9. The number of amides is 1. The predicted octanol–water partition coefficient (Wildman–Crippen LogP) is 8.51. The van der Waals surface area contributed by atoms with Gasteiger partial charge in [0.1, 0.15) is 11.5 Å². The molecule has 0 aromatic heterocycles. The first-order valence-corrected chi connectivity index (χ1v) is 12.2. The van der Waals surface area contributed by atoms with Crippen molar-refractivity contribution in [2.45, 2.75) is 13.8 Å². The fourth-order valence-electron chi connectivity index (χ4n) is 2.47. The van der Waals surface area contributed by atoms with E-state index in [9.17, 15) is 14.7 Å². The fourth-order valence-corrected chi connectivity index (χ4v) is 4.94. The monoisotopic (exact) mass is 675 g/mol. The Balaban J connectivity index is 0.00000166. The first kappa shape index (κ1) is 25.6. The van der Waals surface area contributed by atoms with E-state index in [0.717, 1.165) is 0 Å². The van der Waals surface area contributed by atoms with Crippen LogP contribution in [0.3, 0.4) is 0 Å². The third kappa shape index (κ3) is 6.19. The van der Waals surface area contributed by atoms with Gasteiger partial charge in [0.2, 0.25) is 0 Å². The molecule has 3 rings (SSSR count). The topological polar surface area (TPSA) is 75.6 Å². The normalized spacial score (nSPS) is 10.0. The number of aromatic carboxylic acids is 1. The molecule has 0 saturated carbocycles. The van der Waals surface area contributed by atoms with E-state index in [4.69, 9.17) is 4.74 Å². The summed E-state index contributed by atoms with van der Waals surface area (Å²) >= 11 is 13.2. The molecule has 0 aliphatic rings. The van der Waals surface area contributed by atoms with Crippen molar-refractivity contribution in [1.29, 1.82) is 0 Å². The van der Waals surface area contributed by atoms with Crippen molar-refractivity contribution in [3.63, 3.8) is 0 Å². The minimum absolute atomic E-state index is 0.0101. The summed E-state index contributed by atoms with van der Waals surface area (Å²) in [5, 5.41) is 12.3. The maximum absolute atomic E-state index is 12.9. The van der Waals surface area contributed by atoms with Crippen molar-refractivity contribution < 1.29 is 19.4 Å². The molecule has 3 aromatic carbocycles. The van der Waals surface area contributed by atoms with Gasteiger partial charge in [-0.3, -0.25) is 4.79 Å². The molecule has 9 heteroatoms. The summed E-state index contributed by atoms with van der Waals surface area (Å²) in [5.74, 6) is -0.498. The molecule has 0 fully saturated rings. The summed E-state index contributed by atoms with van der Waals surface area (Å²) in [5.41, 5.74) is 0.325. The Labute approximate surface area is 213 Å². The van der Waals surface area contributed by atoms with E-state index in [2.05, 4.69) is 69.0 Å². The van der Waals surface area contributed by atoms with E-state index >= 15 is 0 Å². The van der Waals surface area contributed by atoms with E-state index < -0.39 is 11.9 Å². The lowest BCUT2D eigenvalue weighted by Crippen LogP contribution is -2.18. The second kappa shape index (κ2) is 11.8. The van der Waals surface area contributed by atoms with Crippen LogP contribution < -0.4 is 10.1 Å². The average Bonchev–Trinajstić information content (AvgIpc) is 2.77. The zero-order chi connectivity index (χ0) is 23.1. The number of anilines is 1. The lowest BCUT2D eigenvalue weighted by atomic mass is 10.1. The second-order valence-corrected chi connectivity index (χ2v) is 8.88. The zero-order valence-corrected chi connectivity index (χ0v) is 22.7. The molecule has 2 N–H and O–H groups in total. The maximum Gasteiger partial charge on any atom is 0.337 e. The Morgan fingerprint density at radius 3 is 1.74 bits per heavy atom. The number of carbonyl (C=O) groups excluding carboxylic acids is 1. The molecule has 0 radical (unpaired) electrons.